The van der Waals surface area contributed by atoms with Gasteiger partial charge in [-0.2, -0.15) is 0 Å². The molecule has 4 N–H and O–H groups in total. The van der Waals surface area contributed by atoms with Crippen molar-refractivity contribution in [2.75, 3.05) is 37.7 Å². The van der Waals surface area contributed by atoms with Crippen LogP contribution >= 0.6 is 11.3 Å². The Morgan fingerprint density at radius 2 is 1.64 bits per heavy atom. The van der Waals surface area contributed by atoms with Crippen molar-refractivity contribution in [2.24, 2.45) is 0 Å². The number of ether oxygens (including phenoxy) is 3. The molecule has 0 fully saturated rings. The summed E-state index contributed by atoms with van der Waals surface area (Å²) in [5, 5.41) is 5.64. The van der Waals surface area contributed by atoms with Gasteiger partial charge in [-0.3, -0.25) is 9.59 Å². The molecule has 0 unspecified atom stereocenters. The van der Waals surface area contributed by atoms with Gasteiger partial charge < -0.3 is 30.6 Å². The zero-order valence-corrected chi connectivity index (χ0v) is 19.3. The minimum absolute atomic E-state index is 0.106. The molecule has 0 atom stereocenters. The van der Waals surface area contributed by atoms with Gasteiger partial charge in [0.1, 0.15) is 5.00 Å². The third-order valence-electron chi connectivity index (χ3n) is 4.76. The number of anilines is 3. The number of benzene rings is 2. The first-order valence-corrected chi connectivity index (χ1v) is 10.5. The Kier molecular flexibility index (Phi) is 7.19. The first-order valence-electron chi connectivity index (χ1n) is 9.71. The highest BCUT2D eigenvalue weighted by molar-refractivity contribution is 7.19. The summed E-state index contributed by atoms with van der Waals surface area (Å²) in [5.41, 5.74) is 7.53. The van der Waals surface area contributed by atoms with Crippen LogP contribution in [0.2, 0.25) is 0 Å². The van der Waals surface area contributed by atoms with Gasteiger partial charge in [-0.25, -0.2) is 4.79 Å². The van der Waals surface area contributed by atoms with Gasteiger partial charge in [0, 0.05) is 16.9 Å². The number of nitrogens with one attached hydrogen (secondary N) is 2. The van der Waals surface area contributed by atoms with E-state index in [0.717, 1.165) is 11.3 Å². The van der Waals surface area contributed by atoms with E-state index in [9.17, 15) is 14.4 Å². The lowest BCUT2D eigenvalue weighted by Crippen LogP contribution is -2.14. The zero-order chi connectivity index (χ0) is 24.1. The lowest BCUT2D eigenvalue weighted by Gasteiger charge is -2.10. The molecular formula is C23H23N3O6S. The molecule has 0 bridgehead atoms. The SMILES string of the molecule is COC(=O)c1c(NC(=O)c2ccc(OC)c(OC)c2)sc(C(=O)Nc2cccc(N)c2)c1C. The van der Waals surface area contributed by atoms with Gasteiger partial charge in [-0.05, 0) is 48.9 Å². The Hall–Kier alpha value is -4.05. The van der Waals surface area contributed by atoms with Gasteiger partial charge >= 0.3 is 5.97 Å². The third kappa shape index (κ3) is 5.07. The maximum atomic E-state index is 12.9. The lowest BCUT2D eigenvalue weighted by atomic mass is 10.1. The lowest BCUT2D eigenvalue weighted by molar-refractivity contribution is 0.0601. The number of rotatable bonds is 7. The molecule has 0 saturated heterocycles. The van der Waals surface area contributed by atoms with Crippen molar-refractivity contribution in [2.45, 2.75) is 6.92 Å². The van der Waals surface area contributed by atoms with Crippen LogP contribution in [0.1, 0.15) is 36.0 Å². The summed E-state index contributed by atoms with van der Waals surface area (Å²) in [4.78, 5) is 38.5. The number of amides is 2. The molecule has 33 heavy (non-hydrogen) atoms. The predicted molar refractivity (Wildman–Crippen MR) is 127 cm³/mol. The number of hydrogen-bond acceptors (Lipinski definition) is 8. The number of hydrogen-bond donors (Lipinski definition) is 3. The van der Waals surface area contributed by atoms with Crippen molar-refractivity contribution in [3.63, 3.8) is 0 Å². The molecule has 0 aliphatic heterocycles. The van der Waals surface area contributed by atoms with Crippen LogP contribution in [0, 0.1) is 6.92 Å². The predicted octanol–water partition coefficient (Wildman–Crippen LogP) is 3.95. The average molecular weight is 470 g/mol. The summed E-state index contributed by atoms with van der Waals surface area (Å²) < 4.78 is 15.3. The van der Waals surface area contributed by atoms with E-state index in [2.05, 4.69) is 10.6 Å². The third-order valence-corrected chi connectivity index (χ3v) is 5.97. The van der Waals surface area contributed by atoms with Crippen molar-refractivity contribution in [3.8, 4) is 11.5 Å². The van der Waals surface area contributed by atoms with Gasteiger partial charge in [0.2, 0.25) is 0 Å². The van der Waals surface area contributed by atoms with E-state index in [-0.39, 0.29) is 21.0 Å². The number of carbonyl (C=O) groups excluding carboxylic acids is 3. The van der Waals surface area contributed by atoms with E-state index in [4.69, 9.17) is 19.9 Å². The van der Waals surface area contributed by atoms with Crippen LogP contribution in [0.4, 0.5) is 16.4 Å². The van der Waals surface area contributed by atoms with Crippen LogP contribution in [0.3, 0.4) is 0 Å². The average Bonchev–Trinajstić information content (AvgIpc) is 3.13. The highest BCUT2D eigenvalue weighted by Gasteiger charge is 2.27. The molecular weight excluding hydrogens is 446 g/mol. The number of nitrogen functional groups attached to an aromatic ring is 1. The molecule has 172 valence electrons. The molecule has 3 aromatic rings. The number of carbonyl (C=O) groups is 3. The minimum Gasteiger partial charge on any atom is -0.493 e. The second-order valence-electron chi connectivity index (χ2n) is 6.86. The molecule has 0 saturated carbocycles. The van der Waals surface area contributed by atoms with Gasteiger partial charge in [-0.15, -0.1) is 11.3 Å². The van der Waals surface area contributed by atoms with E-state index in [1.807, 2.05) is 0 Å². The fourth-order valence-electron chi connectivity index (χ4n) is 3.12. The monoisotopic (exact) mass is 469 g/mol. The Morgan fingerprint density at radius 3 is 2.27 bits per heavy atom. The Bertz CT molecular complexity index is 1220. The normalized spacial score (nSPS) is 10.3. The Morgan fingerprint density at radius 1 is 0.909 bits per heavy atom. The maximum Gasteiger partial charge on any atom is 0.341 e. The van der Waals surface area contributed by atoms with Crippen molar-refractivity contribution < 1.29 is 28.6 Å². The summed E-state index contributed by atoms with van der Waals surface area (Å²) in [6.45, 7) is 1.61. The first kappa shape index (κ1) is 23.6. The highest BCUT2D eigenvalue weighted by atomic mass is 32.1. The Labute approximate surface area is 194 Å². The van der Waals surface area contributed by atoms with E-state index >= 15 is 0 Å². The van der Waals surface area contributed by atoms with Crippen molar-refractivity contribution >= 4 is 45.5 Å². The molecule has 0 aliphatic rings. The molecule has 0 spiro atoms. The Balaban J connectivity index is 1.93. The number of esters is 1. The summed E-state index contributed by atoms with van der Waals surface area (Å²) in [6.07, 6.45) is 0. The van der Waals surface area contributed by atoms with Crippen molar-refractivity contribution in [1.29, 1.82) is 0 Å². The van der Waals surface area contributed by atoms with E-state index in [0.29, 0.717) is 28.4 Å². The molecule has 9 nitrogen and oxygen atoms in total. The summed E-state index contributed by atoms with van der Waals surface area (Å²) in [6, 6.07) is 11.4. The first-order chi connectivity index (χ1) is 15.8. The standard InChI is InChI=1S/C23H23N3O6S/c1-12-18(23(29)32-4)22(26-20(27)13-8-9-16(30-2)17(10-13)31-3)33-19(12)21(28)25-15-7-5-6-14(24)11-15/h5-11H,24H2,1-4H3,(H,25,28)(H,26,27). The quantitative estimate of drug-likeness (QED) is 0.353. The second kappa shape index (κ2) is 10.0. The number of thiophene rings is 1. The van der Waals surface area contributed by atoms with Crippen LogP contribution < -0.4 is 25.8 Å². The molecule has 2 aromatic carbocycles. The molecule has 0 radical (unpaired) electrons. The van der Waals surface area contributed by atoms with E-state index < -0.39 is 17.8 Å². The summed E-state index contributed by atoms with van der Waals surface area (Å²) in [5.74, 6) is -0.765. The summed E-state index contributed by atoms with van der Waals surface area (Å²) in [7, 11) is 4.18. The molecule has 2 amide bonds. The fraction of sp³-hybridized carbons (Fsp3) is 0.174. The van der Waals surface area contributed by atoms with Gasteiger partial charge in [-0.1, -0.05) is 6.07 Å². The smallest absolute Gasteiger partial charge is 0.341 e. The number of nitrogens with two attached hydrogens (primary N) is 1. The van der Waals surface area contributed by atoms with Crippen LogP contribution in [0.25, 0.3) is 0 Å². The largest absolute Gasteiger partial charge is 0.493 e. The van der Waals surface area contributed by atoms with Crippen LogP contribution in [-0.4, -0.2) is 39.1 Å². The van der Waals surface area contributed by atoms with E-state index in [1.165, 1.54) is 27.4 Å². The summed E-state index contributed by atoms with van der Waals surface area (Å²) >= 11 is 0.970. The van der Waals surface area contributed by atoms with Crippen molar-refractivity contribution in [3.05, 3.63) is 64.0 Å². The van der Waals surface area contributed by atoms with E-state index in [1.54, 1.807) is 43.3 Å². The second-order valence-corrected chi connectivity index (χ2v) is 7.88. The van der Waals surface area contributed by atoms with Gasteiger partial charge in [0.05, 0.1) is 31.8 Å². The molecule has 3 rings (SSSR count). The topological polar surface area (TPSA) is 129 Å². The number of methoxy groups -OCH3 is 3. The molecule has 1 heterocycles. The minimum atomic E-state index is -0.672. The van der Waals surface area contributed by atoms with Crippen LogP contribution in [-0.2, 0) is 4.74 Å². The van der Waals surface area contributed by atoms with Gasteiger partial charge in [0.15, 0.2) is 11.5 Å². The zero-order valence-electron chi connectivity index (χ0n) is 18.5. The molecule has 0 aliphatic carbocycles. The maximum absolute atomic E-state index is 12.9. The fourth-order valence-corrected chi connectivity index (χ4v) is 4.21. The highest BCUT2D eigenvalue weighted by Crippen LogP contribution is 2.35. The molecule has 1 aromatic heterocycles. The van der Waals surface area contributed by atoms with Gasteiger partial charge in [0.25, 0.3) is 11.8 Å². The van der Waals surface area contributed by atoms with Crippen molar-refractivity contribution in [1.82, 2.24) is 0 Å². The van der Waals surface area contributed by atoms with Crippen LogP contribution in [0.15, 0.2) is 42.5 Å². The van der Waals surface area contributed by atoms with Crippen LogP contribution in [0.5, 0.6) is 11.5 Å². The molecule has 10 heteroatoms.